The molecular formula is C28H42N2O3. The summed E-state index contributed by atoms with van der Waals surface area (Å²) in [6.45, 7) is 14.3. The van der Waals surface area contributed by atoms with E-state index in [1.54, 1.807) is 0 Å². The summed E-state index contributed by atoms with van der Waals surface area (Å²) in [7, 11) is 0. The molecule has 5 nitrogen and oxygen atoms in total. The van der Waals surface area contributed by atoms with Gasteiger partial charge in [0.2, 0.25) is 0 Å². The Kier molecular flexibility index (Phi) is 6.91. The molecule has 0 aromatic carbocycles. The molecule has 5 rings (SSSR count). The first-order chi connectivity index (χ1) is 15.7. The van der Waals surface area contributed by atoms with Gasteiger partial charge in [-0.2, -0.15) is 5.26 Å². The van der Waals surface area contributed by atoms with Gasteiger partial charge in [-0.05, 0) is 43.9 Å². The van der Waals surface area contributed by atoms with Crippen LogP contribution < -0.4 is 5.73 Å². The lowest BCUT2D eigenvalue weighted by atomic mass is 9.43. The Balaban J connectivity index is 0.000000728. The van der Waals surface area contributed by atoms with Crippen molar-refractivity contribution in [3.8, 4) is 6.07 Å². The molecule has 7 atom stereocenters. The van der Waals surface area contributed by atoms with Crippen molar-refractivity contribution in [2.45, 2.75) is 99.5 Å². The molecule has 5 heteroatoms. The van der Waals surface area contributed by atoms with Crippen molar-refractivity contribution >= 4 is 11.8 Å². The van der Waals surface area contributed by atoms with Gasteiger partial charge >= 0.3 is 5.97 Å². The lowest BCUT2D eigenvalue weighted by Gasteiger charge is -2.58. The Morgan fingerprint density at radius 3 is 2.52 bits per heavy atom. The fraction of sp³-hybridized carbons (Fsp3) is 0.750. The van der Waals surface area contributed by atoms with Crippen LogP contribution in [0.4, 0.5) is 0 Å². The zero-order valence-corrected chi connectivity index (χ0v) is 21.6. The topological polar surface area (TPSA) is 93.2 Å². The number of esters is 1. The highest BCUT2D eigenvalue weighted by Gasteiger charge is 2.70. The number of ketones is 1. The van der Waals surface area contributed by atoms with Crippen LogP contribution in [0.15, 0.2) is 22.9 Å². The number of nitriles is 1. The third-order valence-corrected chi connectivity index (χ3v) is 9.41. The summed E-state index contributed by atoms with van der Waals surface area (Å²) in [5, 5.41) is 10.3. The number of hydrogen-bond donors (Lipinski definition) is 1. The fourth-order valence-corrected chi connectivity index (χ4v) is 7.82. The van der Waals surface area contributed by atoms with Crippen LogP contribution in [0, 0.1) is 45.3 Å². The van der Waals surface area contributed by atoms with Crippen LogP contribution in [0.25, 0.3) is 0 Å². The third kappa shape index (κ3) is 3.16. The second-order valence-electron chi connectivity index (χ2n) is 10.3. The van der Waals surface area contributed by atoms with E-state index < -0.39 is 5.41 Å². The number of Topliss-reactive ketones (excluding diaryl/α,β-unsaturated/α-hetero) is 1. The van der Waals surface area contributed by atoms with Gasteiger partial charge in [-0.3, -0.25) is 9.59 Å². The number of carbonyl (C=O) groups is 2. The molecule has 5 aliphatic rings. The highest BCUT2D eigenvalue weighted by Crippen LogP contribution is 2.74. The molecule has 0 heterocycles. The van der Waals surface area contributed by atoms with Crippen molar-refractivity contribution in [3.05, 3.63) is 22.9 Å². The third-order valence-electron chi connectivity index (χ3n) is 9.41. The summed E-state index contributed by atoms with van der Waals surface area (Å²) in [5.74, 6) is 0.608. The van der Waals surface area contributed by atoms with E-state index in [1.807, 2.05) is 34.6 Å². The predicted octanol–water partition coefficient (Wildman–Crippen LogP) is 5.85. The van der Waals surface area contributed by atoms with Crippen molar-refractivity contribution in [3.63, 3.8) is 0 Å². The highest BCUT2D eigenvalue weighted by molar-refractivity contribution is 6.00. The van der Waals surface area contributed by atoms with Crippen LogP contribution in [0.3, 0.4) is 0 Å². The largest absolute Gasteiger partial charge is 0.462 e. The van der Waals surface area contributed by atoms with E-state index in [0.717, 1.165) is 25.7 Å². The molecule has 182 valence electrons. The molecule has 2 N–H and O–H groups in total. The monoisotopic (exact) mass is 454 g/mol. The smallest absolute Gasteiger partial charge is 0.305 e. The zero-order valence-electron chi connectivity index (χ0n) is 21.6. The molecule has 0 aromatic heterocycles. The van der Waals surface area contributed by atoms with Crippen molar-refractivity contribution in [1.29, 1.82) is 5.26 Å². The quantitative estimate of drug-likeness (QED) is 0.417. The zero-order chi connectivity index (χ0) is 24.8. The molecule has 3 fully saturated rings. The first-order valence-corrected chi connectivity index (χ1v) is 13.1. The minimum atomic E-state index is -0.764. The van der Waals surface area contributed by atoms with E-state index in [2.05, 4.69) is 26.0 Å². The number of nitrogens with two attached hydrogens (primary N) is 1. The van der Waals surface area contributed by atoms with Gasteiger partial charge in [0, 0.05) is 40.9 Å². The number of hydrogen-bond acceptors (Lipinski definition) is 5. The molecule has 4 unspecified atom stereocenters. The molecule has 0 saturated heterocycles. The summed E-state index contributed by atoms with van der Waals surface area (Å²) < 4.78 is 5.87. The molecule has 0 amide bonds. The first kappa shape index (κ1) is 25.5. The van der Waals surface area contributed by atoms with E-state index in [-0.39, 0.29) is 40.5 Å². The number of nitrogens with zero attached hydrogens (tertiary/aromatic N) is 1. The molecule has 2 bridgehead atoms. The van der Waals surface area contributed by atoms with Crippen LogP contribution >= 0.6 is 0 Å². The first-order valence-electron chi connectivity index (χ1n) is 13.1. The van der Waals surface area contributed by atoms with Gasteiger partial charge in [0.25, 0.3) is 0 Å². The number of ether oxygens (including phenoxy) is 1. The van der Waals surface area contributed by atoms with Gasteiger partial charge in [-0.1, -0.05) is 60.1 Å². The lowest BCUT2D eigenvalue weighted by molar-refractivity contribution is -0.155. The maximum atomic E-state index is 12.8. The van der Waals surface area contributed by atoms with Gasteiger partial charge in [-0.15, -0.1) is 0 Å². The van der Waals surface area contributed by atoms with Crippen LogP contribution in [-0.2, 0) is 14.3 Å². The van der Waals surface area contributed by atoms with E-state index >= 15 is 0 Å². The summed E-state index contributed by atoms with van der Waals surface area (Å²) in [4.78, 5) is 24.9. The summed E-state index contributed by atoms with van der Waals surface area (Å²) >= 11 is 0. The molecule has 0 radical (unpaired) electrons. The summed E-state index contributed by atoms with van der Waals surface area (Å²) in [5.41, 5.74) is 8.11. The van der Waals surface area contributed by atoms with Gasteiger partial charge in [0.1, 0.15) is 6.10 Å². The lowest BCUT2D eigenvalue weighted by Crippen LogP contribution is -2.54. The fourth-order valence-electron chi connectivity index (χ4n) is 7.82. The molecule has 0 aromatic rings. The van der Waals surface area contributed by atoms with Gasteiger partial charge < -0.3 is 10.5 Å². The second kappa shape index (κ2) is 8.93. The van der Waals surface area contributed by atoms with Gasteiger partial charge in [0.05, 0.1) is 11.5 Å². The van der Waals surface area contributed by atoms with Crippen molar-refractivity contribution in [2.24, 2.45) is 39.7 Å². The van der Waals surface area contributed by atoms with Crippen LogP contribution in [0.5, 0.6) is 0 Å². The molecule has 5 aliphatic carbocycles. The Bertz CT molecular complexity index is 928. The Morgan fingerprint density at radius 1 is 1.24 bits per heavy atom. The molecule has 0 aliphatic heterocycles. The average Bonchev–Trinajstić information content (AvgIpc) is 3.32. The maximum Gasteiger partial charge on any atom is 0.305 e. The summed E-state index contributed by atoms with van der Waals surface area (Å²) in [6.07, 6.45) is 7.28. The number of fused-ring (bicyclic) bond motifs is 6. The van der Waals surface area contributed by atoms with E-state index in [4.69, 9.17) is 10.5 Å². The molecule has 0 spiro atoms. The Hall–Kier alpha value is -2.09. The minimum absolute atomic E-state index is 0.0521. The van der Waals surface area contributed by atoms with Crippen LogP contribution in [-0.4, -0.2) is 17.9 Å². The Morgan fingerprint density at radius 2 is 1.91 bits per heavy atom. The van der Waals surface area contributed by atoms with E-state index in [9.17, 15) is 14.9 Å². The van der Waals surface area contributed by atoms with Crippen molar-refractivity contribution in [1.82, 2.24) is 0 Å². The molecule has 33 heavy (non-hydrogen) atoms. The Labute approximate surface area is 199 Å². The predicted molar refractivity (Wildman–Crippen MR) is 130 cm³/mol. The summed E-state index contributed by atoms with van der Waals surface area (Å²) in [6, 6.07) is 2.59. The molecule has 3 saturated carbocycles. The number of rotatable bonds is 2. The number of carbonyl (C=O) groups excluding carboxylic acids is 2. The highest BCUT2D eigenvalue weighted by atomic mass is 16.5. The standard InChI is InChI=1S/C24H30N2O3.2C2H6/c1-4-18(28)29-17-6-5-14-19-13-11-24(12-25)20(21(13)26)16(27)8-10-23(24,3)15(19)7-9-22(14,17)2;2*1-2/h7,13-14,17,19H,4-6,8-11,26H2,1-3H3;2*1-2H3/t13-,14?,17+,19?,22?,23?,24+;;/m1../s1. The average molecular weight is 455 g/mol. The van der Waals surface area contributed by atoms with Crippen molar-refractivity contribution < 1.29 is 14.3 Å². The van der Waals surface area contributed by atoms with Crippen LogP contribution in [0.2, 0.25) is 0 Å². The second-order valence-corrected chi connectivity index (χ2v) is 10.3. The van der Waals surface area contributed by atoms with Gasteiger partial charge in [-0.25, -0.2) is 0 Å². The van der Waals surface area contributed by atoms with Crippen molar-refractivity contribution in [2.75, 3.05) is 0 Å². The number of allylic oxidation sites excluding steroid dienone is 4. The minimum Gasteiger partial charge on any atom is -0.462 e. The van der Waals surface area contributed by atoms with Gasteiger partial charge in [0.15, 0.2) is 5.78 Å². The maximum absolute atomic E-state index is 12.8. The normalized spacial score (nSPS) is 41.9. The van der Waals surface area contributed by atoms with Crippen LogP contribution in [0.1, 0.15) is 93.4 Å². The van der Waals surface area contributed by atoms with E-state index in [1.165, 1.54) is 5.57 Å². The SMILES string of the molecule is CC.CC.CCC(=O)O[C@H]1CCC2C3C(=CCC21C)C1(C)CCC(=O)C2=C(N)[C@@H]3C[C@]21C#N. The van der Waals surface area contributed by atoms with E-state index in [0.29, 0.717) is 36.5 Å². The molecular weight excluding hydrogens is 412 g/mol.